The fraction of sp³-hybridized carbons (Fsp3) is 0.529. The molecule has 2 atom stereocenters. The van der Waals surface area contributed by atoms with Crippen molar-refractivity contribution in [2.24, 2.45) is 11.8 Å². The van der Waals surface area contributed by atoms with Gasteiger partial charge >= 0.3 is 5.97 Å². The van der Waals surface area contributed by atoms with Gasteiger partial charge in [-0.25, -0.2) is 0 Å². The maximum Gasteiger partial charge on any atom is 0.306 e. The van der Waals surface area contributed by atoms with Crippen LogP contribution in [-0.2, 0) is 16.1 Å². The van der Waals surface area contributed by atoms with Crippen LogP contribution in [0.15, 0.2) is 24.3 Å². The van der Waals surface area contributed by atoms with E-state index in [1.807, 2.05) is 24.3 Å². The summed E-state index contributed by atoms with van der Waals surface area (Å²) in [7, 11) is 1.57. The standard InChI is InChI=1S/C17H23NO5/c1-23-15-5-3-2-4-14(15)11-18(8-9-19)16(20)12-6-7-13(10-12)17(21)22/h2-5,12-13,19H,6-11H2,1H3,(H,21,22)/t12-,13+/m0/s1. The van der Waals surface area contributed by atoms with Crippen molar-refractivity contribution in [2.45, 2.75) is 25.8 Å². The first-order valence-electron chi connectivity index (χ1n) is 7.81. The average Bonchev–Trinajstić information content (AvgIpc) is 3.04. The van der Waals surface area contributed by atoms with Gasteiger partial charge < -0.3 is 19.8 Å². The van der Waals surface area contributed by atoms with Crippen molar-refractivity contribution in [3.63, 3.8) is 0 Å². The van der Waals surface area contributed by atoms with Gasteiger partial charge in [-0.2, -0.15) is 0 Å². The van der Waals surface area contributed by atoms with Gasteiger partial charge in [-0.05, 0) is 25.3 Å². The van der Waals surface area contributed by atoms with E-state index in [9.17, 15) is 14.7 Å². The number of carboxylic acid groups (broad SMARTS) is 1. The molecule has 6 nitrogen and oxygen atoms in total. The lowest BCUT2D eigenvalue weighted by Gasteiger charge is -2.25. The predicted molar refractivity (Wildman–Crippen MR) is 84.0 cm³/mol. The summed E-state index contributed by atoms with van der Waals surface area (Å²) in [5, 5.41) is 18.3. The minimum atomic E-state index is -0.835. The smallest absolute Gasteiger partial charge is 0.306 e. The Morgan fingerprint density at radius 1 is 1.26 bits per heavy atom. The van der Waals surface area contributed by atoms with Gasteiger partial charge in [0.1, 0.15) is 5.75 Å². The van der Waals surface area contributed by atoms with Gasteiger partial charge in [0.2, 0.25) is 5.91 Å². The normalized spacial score (nSPS) is 20.3. The number of para-hydroxylation sites is 1. The molecule has 1 aromatic carbocycles. The number of carboxylic acids is 1. The van der Waals surface area contributed by atoms with Crippen LogP contribution in [0.1, 0.15) is 24.8 Å². The predicted octanol–water partition coefficient (Wildman–Crippen LogP) is 1.52. The molecule has 1 aliphatic rings. The highest BCUT2D eigenvalue weighted by Crippen LogP contribution is 2.33. The molecule has 1 aromatic rings. The van der Waals surface area contributed by atoms with Crippen molar-refractivity contribution < 1.29 is 24.5 Å². The second kappa shape index (κ2) is 7.97. The molecule has 0 radical (unpaired) electrons. The molecule has 1 aliphatic carbocycles. The number of carbonyl (C=O) groups excluding carboxylic acids is 1. The SMILES string of the molecule is COc1ccccc1CN(CCO)C(=O)[C@H]1CC[C@@H](C(=O)O)C1. The highest BCUT2D eigenvalue weighted by atomic mass is 16.5. The third kappa shape index (κ3) is 4.22. The van der Waals surface area contributed by atoms with E-state index in [1.165, 1.54) is 0 Å². The molecule has 6 heteroatoms. The third-order valence-corrected chi connectivity index (χ3v) is 4.37. The van der Waals surface area contributed by atoms with Gasteiger partial charge in [0.05, 0.1) is 19.6 Å². The van der Waals surface area contributed by atoms with Crippen molar-refractivity contribution >= 4 is 11.9 Å². The minimum Gasteiger partial charge on any atom is -0.496 e. The van der Waals surface area contributed by atoms with Crippen LogP contribution in [0.3, 0.4) is 0 Å². The molecule has 2 rings (SSSR count). The summed E-state index contributed by atoms with van der Waals surface area (Å²) in [5.41, 5.74) is 0.865. The Morgan fingerprint density at radius 3 is 2.57 bits per heavy atom. The maximum atomic E-state index is 12.7. The zero-order valence-corrected chi connectivity index (χ0v) is 13.3. The monoisotopic (exact) mass is 321 g/mol. The molecule has 2 N–H and O–H groups in total. The van der Waals surface area contributed by atoms with Crippen molar-refractivity contribution in [3.8, 4) is 5.75 Å². The number of aliphatic hydroxyl groups is 1. The number of hydrogen-bond donors (Lipinski definition) is 2. The molecule has 0 saturated heterocycles. The molecule has 126 valence electrons. The van der Waals surface area contributed by atoms with Gasteiger partial charge in [0.15, 0.2) is 0 Å². The number of methoxy groups -OCH3 is 1. The summed E-state index contributed by atoms with van der Waals surface area (Å²) in [5.74, 6) is -0.950. The number of nitrogens with zero attached hydrogens (tertiary/aromatic N) is 1. The fourth-order valence-electron chi connectivity index (χ4n) is 3.12. The lowest BCUT2D eigenvalue weighted by atomic mass is 10.0. The Bertz CT molecular complexity index is 560. The second-order valence-electron chi connectivity index (χ2n) is 5.84. The van der Waals surface area contributed by atoms with Crippen LogP contribution in [0.2, 0.25) is 0 Å². The van der Waals surface area contributed by atoms with E-state index in [0.29, 0.717) is 31.6 Å². The van der Waals surface area contributed by atoms with Crippen LogP contribution in [0, 0.1) is 11.8 Å². The van der Waals surface area contributed by atoms with E-state index in [-0.39, 0.29) is 25.0 Å². The number of ether oxygens (including phenoxy) is 1. The number of aliphatic hydroxyl groups excluding tert-OH is 1. The van der Waals surface area contributed by atoms with E-state index in [4.69, 9.17) is 9.84 Å². The number of aliphatic carboxylic acids is 1. The molecular weight excluding hydrogens is 298 g/mol. The van der Waals surface area contributed by atoms with Gasteiger partial charge in [-0.3, -0.25) is 9.59 Å². The van der Waals surface area contributed by atoms with E-state index >= 15 is 0 Å². The summed E-state index contributed by atoms with van der Waals surface area (Å²) in [4.78, 5) is 25.3. The van der Waals surface area contributed by atoms with E-state index < -0.39 is 11.9 Å². The summed E-state index contributed by atoms with van der Waals surface area (Å²) in [6.07, 6.45) is 1.50. The van der Waals surface area contributed by atoms with Crippen LogP contribution in [-0.4, -0.2) is 47.3 Å². The van der Waals surface area contributed by atoms with Gasteiger partial charge in [-0.1, -0.05) is 18.2 Å². The Kier molecular flexibility index (Phi) is 5.98. The third-order valence-electron chi connectivity index (χ3n) is 4.37. The van der Waals surface area contributed by atoms with Gasteiger partial charge in [0, 0.05) is 24.6 Å². The molecule has 1 saturated carbocycles. The molecule has 0 bridgehead atoms. The van der Waals surface area contributed by atoms with E-state index in [1.54, 1.807) is 12.0 Å². The summed E-state index contributed by atoms with van der Waals surface area (Å²) in [6, 6.07) is 7.43. The highest BCUT2D eigenvalue weighted by Gasteiger charge is 2.35. The molecule has 0 spiro atoms. The van der Waals surface area contributed by atoms with Crippen LogP contribution in [0.5, 0.6) is 5.75 Å². The second-order valence-corrected chi connectivity index (χ2v) is 5.84. The Balaban J connectivity index is 2.09. The van der Waals surface area contributed by atoms with Gasteiger partial charge in [0.25, 0.3) is 0 Å². The summed E-state index contributed by atoms with van der Waals surface area (Å²) >= 11 is 0. The molecule has 23 heavy (non-hydrogen) atoms. The first-order chi connectivity index (χ1) is 11.1. The molecule has 0 aliphatic heterocycles. The number of carbonyl (C=O) groups is 2. The Labute approximate surface area is 135 Å². The topological polar surface area (TPSA) is 87.1 Å². The molecule has 0 aromatic heterocycles. The first kappa shape index (κ1) is 17.3. The zero-order valence-electron chi connectivity index (χ0n) is 13.3. The number of rotatable bonds is 7. The minimum absolute atomic E-state index is 0.0892. The largest absolute Gasteiger partial charge is 0.496 e. The van der Waals surface area contributed by atoms with Crippen molar-refractivity contribution in [1.29, 1.82) is 0 Å². The van der Waals surface area contributed by atoms with Crippen LogP contribution in [0.4, 0.5) is 0 Å². The number of benzene rings is 1. The zero-order chi connectivity index (χ0) is 16.8. The lowest BCUT2D eigenvalue weighted by Crippen LogP contribution is -2.37. The Hall–Kier alpha value is -2.08. The van der Waals surface area contributed by atoms with Crippen molar-refractivity contribution in [3.05, 3.63) is 29.8 Å². The lowest BCUT2D eigenvalue weighted by molar-refractivity contribution is -0.141. The first-order valence-corrected chi connectivity index (χ1v) is 7.81. The van der Waals surface area contributed by atoms with Crippen LogP contribution in [0.25, 0.3) is 0 Å². The summed E-state index contributed by atoms with van der Waals surface area (Å²) < 4.78 is 5.30. The van der Waals surface area contributed by atoms with Crippen LogP contribution < -0.4 is 4.74 Å². The van der Waals surface area contributed by atoms with E-state index in [0.717, 1.165) is 5.56 Å². The maximum absolute atomic E-state index is 12.7. The van der Waals surface area contributed by atoms with Crippen molar-refractivity contribution in [2.75, 3.05) is 20.3 Å². The van der Waals surface area contributed by atoms with Crippen LogP contribution >= 0.6 is 0 Å². The highest BCUT2D eigenvalue weighted by molar-refractivity contribution is 5.81. The number of amides is 1. The molecule has 1 amide bonds. The average molecular weight is 321 g/mol. The molecule has 1 fully saturated rings. The van der Waals surface area contributed by atoms with Crippen molar-refractivity contribution in [1.82, 2.24) is 4.90 Å². The van der Waals surface area contributed by atoms with Gasteiger partial charge in [-0.15, -0.1) is 0 Å². The quantitative estimate of drug-likeness (QED) is 0.795. The fourth-order valence-corrected chi connectivity index (χ4v) is 3.12. The van der Waals surface area contributed by atoms with E-state index in [2.05, 4.69) is 0 Å². The molecule has 0 heterocycles. The Morgan fingerprint density at radius 2 is 1.96 bits per heavy atom. The summed E-state index contributed by atoms with van der Waals surface area (Å²) in [6.45, 7) is 0.443. The molecular formula is C17H23NO5. The molecule has 0 unspecified atom stereocenters. The number of hydrogen-bond acceptors (Lipinski definition) is 4.